The van der Waals surface area contributed by atoms with Gasteiger partial charge in [-0.1, -0.05) is 0 Å². The maximum Gasteiger partial charge on any atom is 0.146 e. The zero-order valence-electron chi connectivity index (χ0n) is 9.26. The number of nitriles is 1. The van der Waals surface area contributed by atoms with E-state index in [2.05, 4.69) is 27.9 Å². The lowest BCUT2D eigenvalue weighted by molar-refractivity contribution is 0.312. The Kier molecular flexibility index (Phi) is 4.53. The minimum Gasteiger partial charge on any atom is -0.353 e. The van der Waals surface area contributed by atoms with Crippen LogP contribution in [0.3, 0.4) is 0 Å². The summed E-state index contributed by atoms with van der Waals surface area (Å²) in [6.45, 7) is 3.95. The van der Waals surface area contributed by atoms with Gasteiger partial charge in [-0.25, -0.2) is 4.98 Å². The van der Waals surface area contributed by atoms with Crippen LogP contribution in [0, 0.1) is 11.3 Å². The molecule has 1 saturated heterocycles. The molecule has 1 aliphatic rings. The molecular weight excluding hydrogens is 224 g/mol. The van der Waals surface area contributed by atoms with Gasteiger partial charge in [0.25, 0.3) is 0 Å². The van der Waals surface area contributed by atoms with Gasteiger partial charge in [-0.05, 0) is 19.2 Å². The Bertz CT molecular complexity index is 380. The third kappa shape index (κ3) is 2.63. The second-order valence-corrected chi connectivity index (χ2v) is 3.78. The highest BCUT2D eigenvalue weighted by Crippen LogP contribution is 2.17. The minimum atomic E-state index is 0. The predicted molar refractivity (Wildman–Crippen MR) is 65.9 cm³/mol. The van der Waals surface area contributed by atoms with E-state index in [4.69, 9.17) is 5.26 Å². The van der Waals surface area contributed by atoms with Crippen LogP contribution in [-0.4, -0.2) is 43.1 Å². The first-order chi connectivity index (χ1) is 7.31. The van der Waals surface area contributed by atoms with Crippen molar-refractivity contribution in [3.63, 3.8) is 0 Å². The summed E-state index contributed by atoms with van der Waals surface area (Å²) in [5.74, 6) is 0.827. The fraction of sp³-hybridized carbons (Fsp3) is 0.455. The number of hydrogen-bond donors (Lipinski definition) is 0. The van der Waals surface area contributed by atoms with E-state index in [-0.39, 0.29) is 12.4 Å². The highest BCUT2D eigenvalue weighted by molar-refractivity contribution is 5.85. The summed E-state index contributed by atoms with van der Waals surface area (Å²) >= 11 is 0. The molecule has 1 aliphatic heterocycles. The lowest BCUT2D eigenvalue weighted by atomic mass is 10.2. The van der Waals surface area contributed by atoms with Gasteiger partial charge in [-0.3, -0.25) is 0 Å². The molecule has 4 nitrogen and oxygen atoms in total. The fourth-order valence-electron chi connectivity index (χ4n) is 1.75. The first kappa shape index (κ1) is 12.8. The zero-order valence-corrected chi connectivity index (χ0v) is 10.1. The van der Waals surface area contributed by atoms with E-state index in [0.29, 0.717) is 5.56 Å². The van der Waals surface area contributed by atoms with Crippen LogP contribution in [0.15, 0.2) is 18.3 Å². The highest BCUT2D eigenvalue weighted by atomic mass is 35.5. The van der Waals surface area contributed by atoms with Crippen LogP contribution in [0.25, 0.3) is 0 Å². The van der Waals surface area contributed by atoms with Gasteiger partial charge in [0.2, 0.25) is 0 Å². The Balaban J connectivity index is 0.00000128. The van der Waals surface area contributed by atoms with Crippen LogP contribution in [0.1, 0.15) is 5.56 Å². The molecule has 86 valence electrons. The summed E-state index contributed by atoms with van der Waals surface area (Å²) in [6.07, 6.45) is 1.74. The van der Waals surface area contributed by atoms with Crippen LogP contribution in [0.2, 0.25) is 0 Å². The molecule has 0 amide bonds. The quantitative estimate of drug-likeness (QED) is 0.736. The Hall–Kier alpha value is -1.31. The topological polar surface area (TPSA) is 43.2 Å². The second kappa shape index (κ2) is 5.69. The van der Waals surface area contributed by atoms with Crippen molar-refractivity contribution >= 4 is 18.2 Å². The van der Waals surface area contributed by atoms with Gasteiger partial charge in [0, 0.05) is 32.4 Å². The minimum absolute atomic E-state index is 0. The molecule has 5 heteroatoms. The average Bonchev–Trinajstić information content (AvgIpc) is 2.30. The average molecular weight is 239 g/mol. The lowest BCUT2D eigenvalue weighted by Crippen LogP contribution is -2.45. The molecule has 0 saturated carbocycles. The maximum absolute atomic E-state index is 8.97. The summed E-state index contributed by atoms with van der Waals surface area (Å²) in [7, 11) is 2.11. The zero-order chi connectivity index (χ0) is 10.7. The molecule has 0 unspecified atom stereocenters. The number of nitrogens with zero attached hydrogens (tertiary/aromatic N) is 4. The number of anilines is 1. The molecule has 0 radical (unpaired) electrons. The molecule has 1 aromatic rings. The molecule has 0 bridgehead atoms. The molecule has 0 atom stereocenters. The summed E-state index contributed by atoms with van der Waals surface area (Å²) < 4.78 is 0. The van der Waals surface area contributed by atoms with Crippen molar-refractivity contribution in [3.8, 4) is 6.07 Å². The molecule has 16 heavy (non-hydrogen) atoms. The monoisotopic (exact) mass is 238 g/mol. The maximum atomic E-state index is 8.97. The van der Waals surface area contributed by atoms with Gasteiger partial charge in [0.05, 0.1) is 5.56 Å². The van der Waals surface area contributed by atoms with Crippen LogP contribution in [-0.2, 0) is 0 Å². The van der Waals surface area contributed by atoms with E-state index < -0.39 is 0 Å². The van der Waals surface area contributed by atoms with Crippen molar-refractivity contribution in [1.82, 2.24) is 9.88 Å². The molecule has 2 rings (SSSR count). The number of piperazine rings is 1. The normalized spacial score (nSPS) is 16.4. The third-order valence-corrected chi connectivity index (χ3v) is 2.71. The third-order valence-electron chi connectivity index (χ3n) is 2.71. The van der Waals surface area contributed by atoms with Gasteiger partial charge >= 0.3 is 0 Å². The SMILES string of the molecule is CN1CCN(c2ncccc2C#N)CC1.Cl. The van der Waals surface area contributed by atoms with Crippen LogP contribution in [0.5, 0.6) is 0 Å². The Labute approximate surface area is 102 Å². The second-order valence-electron chi connectivity index (χ2n) is 3.78. The molecule has 2 heterocycles. The first-order valence-electron chi connectivity index (χ1n) is 5.10. The van der Waals surface area contributed by atoms with E-state index in [9.17, 15) is 0 Å². The van der Waals surface area contributed by atoms with E-state index >= 15 is 0 Å². The number of likely N-dealkylation sites (N-methyl/N-ethyl adjacent to an activating group) is 1. The number of pyridine rings is 1. The first-order valence-corrected chi connectivity index (χ1v) is 5.10. The van der Waals surface area contributed by atoms with Crippen molar-refractivity contribution in [3.05, 3.63) is 23.9 Å². The van der Waals surface area contributed by atoms with Crippen molar-refractivity contribution < 1.29 is 0 Å². The molecule has 0 N–H and O–H groups in total. The van der Waals surface area contributed by atoms with Gasteiger partial charge < -0.3 is 9.80 Å². The number of halogens is 1. The van der Waals surface area contributed by atoms with E-state index in [1.165, 1.54) is 0 Å². The van der Waals surface area contributed by atoms with Crippen LogP contribution >= 0.6 is 12.4 Å². The Morgan fingerprint density at radius 2 is 2.00 bits per heavy atom. The number of hydrogen-bond acceptors (Lipinski definition) is 4. The van der Waals surface area contributed by atoms with Crippen molar-refractivity contribution in [2.75, 3.05) is 38.1 Å². The smallest absolute Gasteiger partial charge is 0.146 e. The van der Waals surface area contributed by atoms with Gasteiger partial charge in [-0.2, -0.15) is 5.26 Å². The molecule has 1 fully saturated rings. The van der Waals surface area contributed by atoms with Crippen LogP contribution in [0.4, 0.5) is 5.82 Å². The molecule has 1 aromatic heterocycles. The summed E-state index contributed by atoms with van der Waals surface area (Å²) in [5.41, 5.74) is 0.669. The fourth-order valence-corrected chi connectivity index (χ4v) is 1.75. The van der Waals surface area contributed by atoms with E-state index in [0.717, 1.165) is 32.0 Å². The summed E-state index contributed by atoms with van der Waals surface area (Å²) in [4.78, 5) is 8.75. The van der Waals surface area contributed by atoms with Gasteiger partial charge in [0.15, 0.2) is 0 Å². The largest absolute Gasteiger partial charge is 0.353 e. The van der Waals surface area contributed by atoms with Crippen molar-refractivity contribution in [2.45, 2.75) is 0 Å². The van der Waals surface area contributed by atoms with E-state index in [1.807, 2.05) is 6.07 Å². The summed E-state index contributed by atoms with van der Waals surface area (Å²) in [6, 6.07) is 5.81. The highest BCUT2D eigenvalue weighted by Gasteiger charge is 2.17. The number of rotatable bonds is 1. The molecular formula is C11H15ClN4. The van der Waals surface area contributed by atoms with E-state index in [1.54, 1.807) is 12.3 Å². The van der Waals surface area contributed by atoms with Crippen molar-refractivity contribution in [1.29, 1.82) is 5.26 Å². The van der Waals surface area contributed by atoms with Gasteiger partial charge in [0.1, 0.15) is 11.9 Å². The standard InChI is InChI=1S/C11H14N4.ClH/c1-14-5-7-15(8-6-14)11-10(9-12)3-2-4-13-11;/h2-4H,5-8H2,1H3;1H. The number of aromatic nitrogens is 1. The predicted octanol–water partition coefficient (Wildman–Crippen LogP) is 1.13. The van der Waals surface area contributed by atoms with Crippen molar-refractivity contribution in [2.24, 2.45) is 0 Å². The lowest BCUT2D eigenvalue weighted by Gasteiger charge is -2.33. The van der Waals surface area contributed by atoms with Gasteiger partial charge in [-0.15, -0.1) is 12.4 Å². The Morgan fingerprint density at radius 3 is 2.62 bits per heavy atom. The Morgan fingerprint density at radius 1 is 1.31 bits per heavy atom. The molecule has 0 aliphatic carbocycles. The molecule has 0 aromatic carbocycles. The summed E-state index contributed by atoms with van der Waals surface area (Å²) in [5, 5.41) is 8.97. The van der Waals surface area contributed by atoms with Crippen LogP contribution < -0.4 is 4.90 Å². The molecule has 0 spiro atoms.